The molecule has 2 heteroatoms. The van der Waals surface area contributed by atoms with Gasteiger partial charge in [0.25, 0.3) is 0 Å². The predicted molar refractivity (Wildman–Crippen MR) is 64.2 cm³/mol. The molecule has 0 aliphatic carbocycles. The average molecular weight is 203 g/mol. The quantitative estimate of drug-likeness (QED) is 0.416. The van der Waals surface area contributed by atoms with Gasteiger partial charge in [-0.25, -0.2) is 0 Å². The van der Waals surface area contributed by atoms with Crippen molar-refractivity contribution in [2.75, 3.05) is 0 Å². The van der Waals surface area contributed by atoms with E-state index in [1.807, 2.05) is 12.3 Å². The Labute approximate surface area is 87.6 Å². The molecule has 1 heterocycles. The Kier molecular flexibility index (Phi) is 3.91. The Hall–Kier alpha value is -1.07. The summed E-state index contributed by atoms with van der Waals surface area (Å²) in [6.07, 6.45) is 9.15. The van der Waals surface area contributed by atoms with Crippen molar-refractivity contribution in [3.63, 3.8) is 0 Å². The molecule has 14 heavy (non-hydrogen) atoms. The number of pyridine rings is 1. The summed E-state index contributed by atoms with van der Waals surface area (Å²) in [6, 6.07) is 7.41. The first kappa shape index (κ1) is 11.0. The number of terminal acetylenes is 1. The molecule has 0 saturated heterocycles. The highest BCUT2D eigenvalue weighted by Crippen LogP contribution is 2.12. The van der Waals surface area contributed by atoms with Gasteiger partial charge in [-0.1, -0.05) is 25.2 Å². The molecule has 0 aromatic carbocycles. The molecule has 1 aromatic rings. The van der Waals surface area contributed by atoms with Gasteiger partial charge in [-0.15, -0.1) is 12.3 Å². The van der Waals surface area contributed by atoms with Crippen molar-refractivity contribution in [3.05, 3.63) is 24.4 Å². The first-order valence-corrected chi connectivity index (χ1v) is 8.22. The zero-order valence-electron chi connectivity index (χ0n) is 8.96. The summed E-state index contributed by atoms with van der Waals surface area (Å²) in [5.74, 6) is 2.69. The summed E-state index contributed by atoms with van der Waals surface area (Å²) >= 11 is 0. The molecule has 0 atom stereocenters. The van der Waals surface area contributed by atoms with Crippen LogP contribution in [0.4, 0.5) is 0 Å². The van der Waals surface area contributed by atoms with E-state index in [-0.39, 0.29) is 0 Å². The van der Waals surface area contributed by atoms with Gasteiger partial charge in [0.1, 0.15) is 8.07 Å². The van der Waals surface area contributed by atoms with Crippen LogP contribution in [0.5, 0.6) is 0 Å². The molecular weight excluding hydrogens is 186 g/mol. The highest BCUT2D eigenvalue weighted by Gasteiger charge is 2.23. The van der Waals surface area contributed by atoms with Crippen molar-refractivity contribution in [1.82, 2.24) is 4.98 Å². The van der Waals surface area contributed by atoms with E-state index in [0.717, 1.165) is 12.8 Å². The third-order valence-electron chi connectivity index (χ3n) is 2.48. The fourth-order valence-corrected chi connectivity index (χ4v) is 3.81. The number of aromatic nitrogens is 1. The fourth-order valence-electron chi connectivity index (χ4n) is 1.52. The Balaban J connectivity index is 2.62. The number of hydrogen-bond acceptors (Lipinski definition) is 1. The summed E-state index contributed by atoms with van der Waals surface area (Å²) in [4.78, 5) is 4.44. The van der Waals surface area contributed by atoms with Gasteiger partial charge in [-0.05, 0) is 18.6 Å². The molecule has 0 saturated carbocycles. The van der Waals surface area contributed by atoms with Crippen molar-refractivity contribution in [1.29, 1.82) is 0 Å². The molecule has 1 aromatic heterocycles. The number of hydrogen-bond donors (Lipinski definition) is 0. The number of unbranched alkanes of at least 4 members (excludes halogenated alkanes) is 1. The largest absolute Gasteiger partial charge is 0.266 e. The van der Waals surface area contributed by atoms with Crippen LogP contribution >= 0.6 is 0 Å². The standard InChI is InChI=1S/C12H17NSi/c1-4-5-8-11-14(2,3)12-9-6-7-10-13-12/h1,6-7,9-10H,5,8,11H2,2-3H3. The van der Waals surface area contributed by atoms with Crippen LogP contribution in [0.2, 0.25) is 19.1 Å². The van der Waals surface area contributed by atoms with Crippen LogP contribution in [0.25, 0.3) is 0 Å². The van der Waals surface area contributed by atoms with Gasteiger partial charge in [0.05, 0.1) is 0 Å². The van der Waals surface area contributed by atoms with Crippen LogP contribution in [-0.4, -0.2) is 13.1 Å². The topological polar surface area (TPSA) is 12.9 Å². The lowest BCUT2D eigenvalue weighted by atomic mass is 10.4. The van der Waals surface area contributed by atoms with Crippen LogP contribution in [0.1, 0.15) is 12.8 Å². The minimum absolute atomic E-state index is 0.892. The second-order valence-corrected chi connectivity index (χ2v) is 8.94. The summed E-state index contributed by atoms with van der Waals surface area (Å²) < 4.78 is 0. The first-order valence-electron chi connectivity index (χ1n) is 5.02. The van der Waals surface area contributed by atoms with Crippen molar-refractivity contribution in [2.24, 2.45) is 0 Å². The molecule has 74 valence electrons. The van der Waals surface area contributed by atoms with E-state index < -0.39 is 8.07 Å². The fraction of sp³-hybridized carbons (Fsp3) is 0.417. The Morgan fingerprint density at radius 1 is 1.43 bits per heavy atom. The van der Waals surface area contributed by atoms with E-state index in [0.29, 0.717) is 0 Å². The van der Waals surface area contributed by atoms with Crippen LogP contribution in [-0.2, 0) is 0 Å². The highest BCUT2D eigenvalue weighted by atomic mass is 28.3. The Bertz CT molecular complexity index is 311. The third kappa shape index (κ3) is 3.01. The maximum atomic E-state index is 5.25. The zero-order valence-corrected chi connectivity index (χ0v) is 9.96. The molecule has 0 radical (unpaired) electrons. The molecule has 0 unspecified atom stereocenters. The average Bonchev–Trinajstić information content (AvgIpc) is 2.19. The van der Waals surface area contributed by atoms with E-state index in [2.05, 4.69) is 36.1 Å². The molecule has 1 nitrogen and oxygen atoms in total. The molecule has 0 amide bonds. The van der Waals surface area contributed by atoms with Crippen molar-refractivity contribution in [3.8, 4) is 12.3 Å². The molecule has 0 bridgehead atoms. The normalized spacial score (nSPS) is 10.9. The summed E-state index contributed by atoms with van der Waals surface area (Å²) in [5, 5.41) is 1.29. The zero-order chi connectivity index (χ0) is 10.4. The van der Waals surface area contributed by atoms with Gasteiger partial charge in [-0.2, -0.15) is 0 Å². The van der Waals surface area contributed by atoms with E-state index >= 15 is 0 Å². The number of rotatable bonds is 4. The first-order chi connectivity index (χ1) is 6.67. The molecule has 0 aliphatic rings. The lowest BCUT2D eigenvalue weighted by molar-refractivity contribution is 0.958. The monoisotopic (exact) mass is 203 g/mol. The van der Waals surface area contributed by atoms with Crippen molar-refractivity contribution < 1.29 is 0 Å². The predicted octanol–water partition coefficient (Wildman–Crippen LogP) is 2.41. The molecule has 0 spiro atoms. The highest BCUT2D eigenvalue weighted by molar-refractivity contribution is 6.89. The second kappa shape index (κ2) is 4.97. The van der Waals surface area contributed by atoms with Gasteiger partial charge in [-0.3, -0.25) is 4.98 Å². The number of nitrogens with zero attached hydrogens (tertiary/aromatic N) is 1. The van der Waals surface area contributed by atoms with E-state index in [9.17, 15) is 0 Å². The molecule has 0 N–H and O–H groups in total. The molecular formula is C12H17NSi. The van der Waals surface area contributed by atoms with Gasteiger partial charge in [0, 0.05) is 17.9 Å². The van der Waals surface area contributed by atoms with E-state index in [1.165, 1.54) is 11.4 Å². The van der Waals surface area contributed by atoms with Crippen LogP contribution in [0, 0.1) is 12.3 Å². The Morgan fingerprint density at radius 3 is 2.79 bits per heavy atom. The van der Waals surface area contributed by atoms with Crippen molar-refractivity contribution >= 4 is 13.4 Å². The minimum Gasteiger partial charge on any atom is -0.266 e. The van der Waals surface area contributed by atoms with Crippen molar-refractivity contribution in [2.45, 2.75) is 32.0 Å². The van der Waals surface area contributed by atoms with Gasteiger partial charge < -0.3 is 0 Å². The van der Waals surface area contributed by atoms with Gasteiger partial charge >= 0.3 is 0 Å². The van der Waals surface area contributed by atoms with E-state index in [1.54, 1.807) is 0 Å². The molecule has 1 rings (SSSR count). The van der Waals surface area contributed by atoms with Gasteiger partial charge in [0.2, 0.25) is 0 Å². The molecule has 0 aliphatic heterocycles. The summed E-state index contributed by atoms with van der Waals surface area (Å²) in [6.45, 7) is 4.71. The SMILES string of the molecule is C#CCCC[Si](C)(C)c1ccccn1. The lowest BCUT2D eigenvalue weighted by Gasteiger charge is -2.20. The maximum absolute atomic E-state index is 5.25. The summed E-state index contributed by atoms with van der Waals surface area (Å²) in [7, 11) is -1.32. The molecule has 0 fully saturated rings. The van der Waals surface area contributed by atoms with Crippen LogP contribution < -0.4 is 5.32 Å². The van der Waals surface area contributed by atoms with Crippen LogP contribution in [0.3, 0.4) is 0 Å². The lowest BCUT2D eigenvalue weighted by Crippen LogP contribution is -2.42. The smallest absolute Gasteiger partial charge is 0.104 e. The van der Waals surface area contributed by atoms with E-state index in [4.69, 9.17) is 6.42 Å². The Morgan fingerprint density at radius 2 is 2.21 bits per heavy atom. The minimum atomic E-state index is -1.32. The van der Waals surface area contributed by atoms with Crippen LogP contribution in [0.15, 0.2) is 24.4 Å². The second-order valence-electron chi connectivity index (χ2n) is 4.16. The van der Waals surface area contributed by atoms with Gasteiger partial charge in [0.15, 0.2) is 0 Å². The maximum Gasteiger partial charge on any atom is 0.104 e. The summed E-state index contributed by atoms with van der Waals surface area (Å²) in [5.41, 5.74) is 0. The third-order valence-corrected chi connectivity index (χ3v) is 5.77.